The quantitative estimate of drug-likeness (QED) is 0.506. The maximum absolute atomic E-state index is 5.60. The first-order chi connectivity index (χ1) is 6.85. The van der Waals surface area contributed by atoms with Crippen molar-refractivity contribution in [2.75, 3.05) is 26.4 Å². The summed E-state index contributed by atoms with van der Waals surface area (Å²) in [6, 6.07) is 0. The Morgan fingerprint density at radius 3 is 1.93 bits per heavy atom. The van der Waals surface area contributed by atoms with E-state index in [-0.39, 0.29) is 0 Å². The highest BCUT2D eigenvalue weighted by molar-refractivity contribution is 4.52. The normalized spacial score (nSPS) is 11.1. The van der Waals surface area contributed by atoms with Crippen LogP contribution in [0.5, 0.6) is 0 Å². The van der Waals surface area contributed by atoms with Gasteiger partial charge in [-0.15, -0.1) is 0 Å². The van der Waals surface area contributed by atoms with Crippen molar-refractivity contribution in [3.8, 4) is 0 Å². The SMILES string of the molecule is CCOCCCCOCC(CC)CC. The lowest BCUT2D eigenvalue weighted by atomic mass is 10.1. The van der Waals surface area contributed by atoms with E-state index in [9.17, 15) is 0 Å². The van der Waals surface area contributed by atoms with Crippen LogP contribution in [0.15, 0.2) is 0 Å². The zero-order valence-electron chi connectivity index (χ0n) is 10.1. The average Bonchev–Trinajstić information content (AvgIpc) is 2.22. The summed E-state index contributed by atoms with van der Waals surface area (Å²) < 4.78 is 10.9. The highest BCUT2D eigenvalue weighted by atomic mass is 16.5. The maximum atomic E-state index is 5.60. The van der Waals surface area contributed by atoms with Gasteiger partial charge >= 0.3 is 0 Å². The summed E-state index contributed by atoms with van der Waals surface area (Å²) >= 11 is 0. The molecule has 0 saturated carbocycles. The van der Waals surface area contributed by atoms with Crippen molar-refractivity contribution in [2.24, 2.45) is 5.92 Å². The topological polar surface area (TPSA) is 18.5 Å². The predicted octanol–water partition coefficient (Wildman–Crippen LogP) is 3.26. The van der Waals surface area contributed by atoms with Gasteiger partial charge in [-0.1, -0.05) is 26.7 Å². The number of unbranched alkanes of at least 4 members (excludes halogenated alkanes) is 1. The van der Waals surface area contributed by atoms with E-state index < -0.39 is 0 Å². The molecule has 2 heteroatoms. The van der Waals surface area contributed by atoms with Crippen molar-refractivity contribution in [1.29, 1.82) is 0 Å². The molecule has 86 valence electrons. The zero-order chi connectivity index (χ0) is 10.6. The van der Waals surface area contributed by atoms with Gasteiger partial charge in [0.2, 0.25) is 0 Å². The van der Waals surface area contributed by atoms with Crippen LogP contribution in [-0.4, -0.2) is 26.4 Å². The lowest BCUT2D eigenvalue weighted by molar-refractivity contribution is 0.0832. The molecule has 0 atom stereocenters. The van der Waals surface area contributed by atoms with E-state index in [4.69, 9.17) is 9.47 Å². The first-order valence-electron chi connectivity index (χ1n) is 6.00. The van der Waals surface area contributed by atoms with Gasteiger partial charge < -0.3 is 9.47 Å². The van der Waals surface area contributed by atoms with Gasteiger partial charge in [0.15, 0.2) is 0 Å². The fraction of sp³-hybridized carbons (Fsp3) is 1.00. The molecular formula is C12H26O2. The number of rotatable bonds is 10. The van der Waals surface area contributed by atoms with Crippen LogP contribution in [0, 0.1) is 5.92 Å². The number of hydrogen-bond acceptors (Lipinski definition) is 2. The molecule has 0 aliphatic heterocycles. The molecule has 0 amide bonds. The van der Waals surface area contributed by atoms with Gasteiger partial charge in [0.25, 0.3) is 0 Å². The Hall–Kier alpha value is -0.0800. The molecule has 0 fully saturated rings. The van der Waals surface area contributed by atoms with Crippen molar-refractivity contribution in [1.82, 2.24) is 0 Å². The van der Waals surface area contributed by atoms with E-state index in [0.717, 1.165) is 45.2 Å². The third-order valence-electron chi connectivity index (χ3n) is 2.54. The minimum atomic E-state index is 0.752. The van der Waals surface area contributed by atoms with Crippen LogP contribution < -0.4 is 0 Å². The van der Waals surface area contributed by atoms with E-state index in [1.54, 1.807) is 0 Å². The number of hydrogen-bond donors (Lipinski definition) is 0. The maximum Gasteiger partial charge on any atom is 0.0494 e. The Kier molecular flexibility index (Phi) is 10.9. The molecule has 0 aromatic heterocycles. The average molecular weight is 202 g/mol. The number of ether oxygens (including phenoxy) is 2. The van der Waals surface area contributed by atoms with E-state index >= 15 is 0 Å². The molecule has 0 heterocycles. The molecule has 0 radical (unpaired) electrons. The van der Waals surface area contributed by atoms with Crippen molar-refractivity contribution in [2.45, 2.75) is 46.5 Å². The molecule has 0 aliphatic carbocycles. The molecule has 0 aromatic carbocycles. The molecular weight excluding hydrogens is 176 g/mol. The third kappa shape index (κ3) is 8.52. The second-order valence-corrected chi connectivity index (χ2v) is 3.66. The second kappa shape index (κ2) is 11.0. The molecule has 2 nitrogen and oxygen atoms in total. The summed E-state index contributed by atoms with van der Waals surface area (Å²) in [5.74, 6) is 0.752. The molecule has 0 saturated heterocycles. The molecule has 0 N–H and O–H groups in total. The Morgan fingerprint density at radius 2 is 1.43 bits per heavy atom. The monoisotopic (exact) mass is 202 g/mol. The van der Waals surface area contributed by atoms with Crippen LogP contribution >= 0.6 is 0 Å². The molecule has 0 unspecified atom stereocenters. The predicted molar refractivity (Wildman–Crippen MR) is 60.6 cm³/mol. The minimum Gasteiger partial charge on any atom is -0.382 e. The van der Waals surface area contributed by atoms with Crippen molar-refractivity contribution < 1.29 is 9.47 Å². The molecule has 0 aliphatic rings. The zero-order valence-corrected chi connectivity index (χ0v) is 10.1. The fourth-order valence-electron chi connectivity index (χ4n) is 1.33. The van der Waals surface area contributed by atoms with Gasteiger partial charge in [-0.25, -0.2) is 0 Å². The standard InChI is InChI=1S/C12H26O2/c1-4-12(5-2)11-14-10-8-7-9-13-6-3/h12H,4-11H2,1-3H3. The molecule has 0 rings (SSSR count). The molecule has 14 heavy (non-hydrogen) atoms. The van der Waals surface area contributed by atoms with E-state index in [1.807, 2.05) is 6.92 Å². The summed E-state index contributed by atoms with van der Waals surface area (Å²) in [6.07, 6.45) is 4.71. The first-order valence-corrected chi connectivity index (χ1v) is 6.00. The summed E-state index contributed by atoms with van der Waals surface area (Å²) in [6.45, 7) is 10.0. The van der Waals surface area contributed by atoms with Crippen LogP contribution in [-0.2, 0) is 9.47 Å². The highest BCUT2D eigenvalue weighted by Crippen LogP contribution is 2.07. The summed E-state index contributed by atoms with van der Waals surface area (Å²) in [5, 5.41) is 0. The van der Waals surface area contributed by atoms with Gasteiger partial charge in [0.1, 0.15) is 0 Å². The van der Waals surface area contributed by atoms with E-state index in [2.05, 4.69) is 13.8 Å². The summed E-state index contributed by atoms with van der Waals surface area (Å²) in [7, 11) is 0. The lowest BCUT2D eigenvalue weighted by Crippen LogP contribution is -2.08. The minimum absolute atomic E-state index is 0.752. The van der Waals surface area contributed by atoms with Crippen LogP contribution in [0.2, 0.25) is 0 Å². The van der Waals surface area contributed by atoms with Crippen molar-refractivity contribution in [3.63, 3.8) is 0 Å². The van der Waals surface area contributed by atoms with Crippen molar-refractivity contribution >= 4 is 0 Å². The van der Waals surface area contributed by atoms with Crippen LogP contribution in [0.1, 0.15) is 46.5 Å². The summed E-state index contributed by atoms with van der Waals surface area (Å²) in [4.78, 5) is 0. The van der Waals surface area contributed by atoms with Crippen LogP contribution in [0.25, 0.3) is 0 Å². The highest BCUT2D eigenvalue weighted by Gasteiger charge is 2.02. The van der Waals surface area contributed by atoms with Gasteiger partial charge in [-0.3, -0.25) is 0 Å². The summed E-state index contributed by atoms with van der Waals surface area (Å²) in [5.41, 5.74) is 0. The Morgan fingerprint density at radius 1 is 0.857 bits per heavy atom. The van der Waals surface area contributed by atoms with Gasteiger partial charge in [-0.2, -0.15) is 0 Å². The van der Waals surface area contributed by atoms with Gasteiger partial charge in [0, 0.05) is 26.4 Å². The largest absolute Gasteiger partial charge is 0.382 e. The lowest BCUT2D eigenvalue weighted by Gasteiger charge is -2.12. The smallest absolute Gasteiger partial charge is 0.0494 e. The Balaban J connectivity index is 3.04. The van der Waals surface area contributed by atoms with Crippen LogP contribution in [0.4, 0.5) is 0 Å². The first kappa shape index (κ1) is 13.9. The van der Waals surface area contributed by atoms with E-state index in [1.165, 1.54) is 12.8 Å². The third-order valence-corrected chi connectivity index (χ3v) is 2.54. The molecule has 0 bridgehead atoms. The van der Waals surface area contributed by atoms with Crippen LogP contribution in [0.3, 0.4) is 0 Å². The van der Waals surface area contributed by atoms with Gasteiger partial charge in [-0.05, 0) is 25.7 Å². The fourth-order valence-corrected chi connectivity index (χ4v) is 1.33. The molecule has 0 spiro atoms. The van der Waals surface area contributed by atoms with Gasteiger partial charge in [0.05, 0.1) is 0 Å². The second-order valence-electron chi connectivity index (χ2n) is 3.66. The molecule has 0 aromatic rings. The Labute approximate surface area is 89.0 Å². The van der Waals surface area contributed by atoms with E-state index in [0.29, 0.717) is 0 Å². The van der Waals surface area contributed by atoms with Crippen molar-refractivity contribution in [3.05, 3.63) is 0 Å². The Bertz CT molecular complexity index is 100.